The number of halogens is 1. The lowest BCUT2D eigenvalue weighted by molar-refractivity contribution is -0.125. The monoisotopic (exact) mass is 375 g/mol. The summed E-state index contributed by atoms with van der Waals surface area (Å²) >= 11 is 0. The Hall–Kier alpha value is -2.37. The summed E-state index contributed by atoms with van der Waals surface area (Å²) in [5, 5.41) is 5.66. The molecule has 0 aromatic heterocycles. The van der Waals surface area contributed by atoms with Gasteiger partial charge in [0.15, 0.2) is 0 Å². The van der Waals surface area contributed by atoms with E-state index in [1.54, 1.807) is 12.1 Å². The zero-order chi connectivity index (χ0) is 18.2. The fourth-order valence-electron chi connectivity index (χ4n) is 2.56. The predicted molar refractivity (Wildman–Crippen MR) is 106 cm³/mol. The van der Waals surface area contributed by atoms with Crippen molar-refractivity contribution in [1.29, 1.82) is 0 Å². The van der Waals surface area contributed by atoms with Crippen LogP contribution in [0.2, 0.25) is 0 Å². The second-order valence-electron chi connectivity index (χ2n) is 6.00. The van der Waals surface area contributed by atoms with Gasteiger partial charge >= 0.3 is 0 Å². The maximum absolute atomic E-state index is 12.4. The van der Waals surface area contributed by atoms with Gasteiger partial charge in [-0.15, -0.1) is 12.4 Å². The molecule has 2 atom stereocenters. The molecule has 140 valence electrons. The third kappa shape index (κ3) is 5.86. The lowest BCUT2D eigenvalue weighted by atomic mass is 9.94. The molecule has 0 heterocycles. The minimum Gasteiger partial charge on any atom is -0.352 e. The Labute approximate surface area is 160 Å². The molecule has 4 N–H and O–H groups in total. The van der Waals surface area contributed by atoms with Crippen molar-refractivity contribution in [3.63, 3.8) is 0 Å². The van der Waals surface area contributed by atoms with Crippen LogP contribution in [-0.4, -0.2) is 18.4 Å². The molecular weight excluding hydrogens is 350 g/mol. The molecular formula is C20H26ClN3O2. The van der Waals surface area contributed by atoms with E-state index < -0.39 is 0 Å². The number of amides is 2. The van der Waals surface area contributed by atoms with Crippen LogP contribution in [0, 0.1) is 5.92 Å². The van der Waals surface area contributed by atoms with E-state index in [0.29, 0.717) is 18.7 Å². The number of nitrogens with one attached hydrogen (secondary N) is 2. The summed E-state index contributed by atoms with van der Waals surface area (Å²) in [4.78, 5) is 24.3. The maximum Gasteiger partial charge on any atom is 0.251 e. The summed E-state index contributed by atoms with van der Waals surface area (Å²) in [7, 11) is 0. The Balaban J connectivity index is 0.00000338. The van der Waals surface area contributed by atoms with Crippen molar-refractivity contribution < 1.29 is 9.59 Å². The summed E-state index contributed by atoms with van der Waals surface area (Å²) in [5.41, 5.74) is 8.58. The zero-order valence-electron chi connectivity index (χ0n) is 15.1. The second-order valence-corrected chi connectivity index (χ2v) is 6.00. The average molecular weight is 376 g/mol. The molecule has 5 nitrogen and oxygen atoms in total. The number of benzene rings is 2. The van der Waals surface area contributed by atoms with Gasteiger partial charge in [-0.3, -0.25) is 9.59 Å². The fourth-order valence-corrected chi connectivity index (χ4v) is 2.56. The van der Waals surface area contributed by atoms with E-state index in [-0.39, 0.29) is 36.2 Å². The Kier molecular flexibility index (Phi) is 8.82. The van der Waals surface area contributed by atoms with E-state index in [9.17, 15) is 9.59 Å². The Morgan fingerprint density at radius 3 is 2.38 bits per heavy atom. The first-order valence-electron chi connectivity index (χ1n) is 8.48. The summed E-state index contributed by atoms with van der Waals surface area (Å²) in [6, 6.07) is 16.5. The van der Waals surface area contributed by atoms with Gasteiger partial charge in [-0.25, -0.2) is 0 Å². The topological polar surface area (TPSA) is 84.2 Å². The first-order valence-corrected chi connectivity index (χ1v) is 8.48. The highest BCUT2D eigenvalue weighted by atomic mass is 35.5. The van der Waals surface area contributed by atoms with E-state index in [0.717, 1.165) is 11.1 Å². The van der Waals surface area contributed by atoms with E-state index in [1.165, 1.54) is 0 Å². The maximum atomic E-state index is 12.4. The number of rotatable bonds is 7. The van der Waals surface area contributed by atoms with E-state index >= 15 is 0 Å². The predicted octanol–water partition coefficient (Wildman–Crippen LogP) is 2.81. The van der Waals surface area contributed by atoms with Crippen LogP contribution in [0.5, 0.6) is 0 Å². The van der Waals surface area contributed by atoms with E-state index in [1.807, 2.05) is 56.3 Å². The van der Waals surface area contributed by atoms with Crippen molar-refractivity contribution in [2.45, 2.75) is 26.4 Å². The molecule has 0 aliphatic carbocycles. The molecule has 2 rings (SSSR count). The normalized spacial score (nSPS) is 12.4. The molecule has 0 aliphatic rings. The summed E-state index contributed by atoms with van der Waals surface area (Å²) < 4.78 is 0. The van der Waals surface area contributed by atoms with Crippen LogP contribution in [-0.2, 0) is 11.3 Å². The van der Waals surface area contributed by atoms with Gasteiger partial charge in [0, 0.05) is 24.7 Å². The molecule has 2 amide bonds. The molecule has 0 bridgehead atoms. The molecule has 26 heavy (non-hydrogen) atoms. The van der Waals surface area contributed by atoms with Crippen LogP contribution in [0.3, 0.4) is 0 Å². The van der Waals surface area contributed by atoms with Crippen LogP contribution in [0.15, 0.2) is 54.6 Å². The third-order valence-electron chi connectivity index (χ3n) is 4.13. The highest BCUT2D eigenvalue weighted by Crippen LogP contribution is 2.19. The van der Waals surface area contributed by atoms with Crippen LogP contribution < -0.4 is 16.4 Å². The van der Waals surface area contributed by atoms with Gasteiger partial charge < -0.3 is 16.4 Å². The van der Waals surface area contributed by atoms with Crippen molar-refractivity contribution in [1.82, 2.24) is 10.6 Å². The molecule has 2 aromatic carbocycles. The minimum atomic E-state index is -0.358. The smallest absolute Gasteiger partial charge is 0.251 e. The molecule has 6 heteroatoms. The van der Waals surface area contributed by atoms with Crippen molar-refractivity contribution in [2.24, 2.45) is 11.7 Å². The number of carbonyl (C=O) groups is 2. The molecule has 0 fully saturated rings. The van der Waals surface area contributed by atoms with Crippen molar-refractivity contribution in [2.75, 3.05) is 6.54 Å². The van der Waals surface area contributed by atoms with Crippen molar-refractivity contribution in [3.05, 3.63) is 71.3 Å². The zero-order valence-corrected chi connectivity index (χ0v) is 15.9. The summed E-state index contributed by atoms with van der Waals surface area (Å²) in [6.45, 7) is 4.63. The van der Waals surface area contributed by atoms with Gasteiger partial charge in [0.2, 0.25) is 5.91 Å². The quantitative estimate of drug-likeness (QED) is 0.695. The molecule has 0 saturated heterocycles. The molecule has 2 aromatic rings. The van der Waals surface area contributed by atoms with Gasteiger partial charge in [-0.05, 0) is 30.2 Å². The largest absolute Gasteiger partial charge is 0.352 e. The lowest BCUT2D eigenvalue weighted by Crippen LogP contribution is -2.35. The van der Waals surface area contributed by atoms with Gasteiger partial charge in [0.05, 0.1) is 5.92 Å². The molecule has 0 aliphatic heterocycles. The number of hydrogen-bond acceptors (Lipinski definition) is 3. The first kappa shape index (κ1) is 21.7. The Bertz CT molecular complexity index is 722. The first-order chi connectivity index (χ1) is 12.0. The summed E-state index contributed by atoms with van der Waals surface area (Å²) in [5.74, 6) is -0.580. The molecule has 0 saturated carbocycles. The van der Waals surface area contributed by atoms with Crippen molar-refractivity contribution >= 4 is 24.2 Å². The fraction of sp³-hybridized carbons (Fsp3) is 0.300. The van der Waals surface area contributed by atoms with Gasteiger partial charge in [-0.2, -0.15) is 0 Å². The van der Waals surface area contributed by atoms with Gasteiger partial charge in [0.1, 0.15) is 0 Å². The highest BCUT2D eigenvalue weighted by Gasteiger charge is 2.21. The number of nitrogens with two attached hydrogens (primary N) is 1. The molecule has 0 spiro atoms. The number of carbonyl (C=O) groups excluding carboxylic acids is 2. The number of hydrogen-bond donors (Lipinski definition) is 3. The Morgan fingerprint density at radius 1 is 1.04 bits per heavy atom. The molecule has 2 unspecified atom stereocenters. The van der Waals surface area contributed by atoms with E-state index in [4.69, 9.17) is 5.73 Å². The van der Waals surface area contributed by atoms with Crippen LogP contribution >= 0.6 is 12.4 Å². The minimum absolute atomic E-state index is 0. The van der Waals surface area contributed by atoms with E-state index in [2.05, 4.69) is 10.6 Å². The van der Waals surface area contributed by atoms with Crippen LogP contribution in [0.1, 0.15) is 41.4 Å². The Morgan fingerprint density at radius 2 is 1.73 bits per heavy atom. The second kappa shape index (κ2) is 10.6. The highest BCUT2D eigenvalue weighted by molar-refractivity contribution is 5.94. The standard InChI is InChI=1S/C20H25N3O2.ClH/c1-3-22-20(25)17-11-7-8-15(12-17)13-23-19(24)14(2)18(21)16-9-5-4-6-10-16;/h4-12,14,18H,3,13,21H2,1-2H3,(H,22,25)(H,23,24);1H. The average Bonchev–Trinajstić information content (AvgIpc) is 2.66. The molecule has 0 radical (unpaired) electrons. The SMILES string of the molecule is CCNC(=O)c1cccc(CNC(=O)C(C)C(N)c2ccccc2)c1.Cl. The lowest BCUT2D eigenvalue weighted by Gasteiger charge is -2.20. The van der Waals surface area contributed by atoms with Gasteiger partial charge in [-0.1, -0.05) is 49.4 Å². The summed E-state index contributed by atoms with van der Waals surface area (Å²) in [6.07, 6.45) is 0. The van der Waals surface area contributed by atoms with Crippen molar-refractivity contribution in [3.8, 4) is 0 Å². The van der Waals surface area contributed by atoms with Crippen LogP contribution in [0.25, 0.3) is 0 Å². The third-order valence-corrected chi connectivity index (χ3v) is 4.13. The van der Waals surface area contributed by atoms with Gasteiger partial charge in [0.25, 0.3) is 5.91 Å². The van der Waals surface area contributed by atoms with Crippen LogP contribution in [0.4, 0.5) is 0 Å².